The molecule has 0 bridgehead atoms. The fourth-order valence-corrected chi connectivity index (χ4v) is 0.904. The average Bonchev–Trinajstić information content (AvgIpc) is 2.02. The molecule has 0 fully saturated rings. The maximum absolute atomic E-state index is 12.8. The topological polar surface area (TPSA) is 42.1 Å². The van der Waals surface area contributed by atoms with Crippen molar-refractivity contribution in [2.45, 2.75) is 6.43 Å². The third-order valence-electron chi connectivity index (χ3n) is 1.42. The lowest BCUT2D eigenvalue weighted by Gasteiger charge is -2.06. The summed E-state index contributed by atoms with van der Waals surface area (Å²) in [5.74, 6) is -1.82. The smallest absolute Gasteiger partial charge is 0.267 e. The van der Waals surface area contributed by atoms with Crippen molar-refractivity contribution in [2.75, 3.05) is 7.11 Å². The summed E-state index contributed by atoms with van der Waals surface area (Å²) in [5, 5.41) is 0. The van der Waals surface area contributed by atoms with Crippen LogP contribution in [-0.4, -0.2) is 12.1 Å². The molecule has 13 heavy (non-hydrogen) atoms. The molecule has 1 N–H and O–H groups in total. The quantitative estimate of drug-likeness (QED) is 0.722. The van der Waals surface area contributed by atoms with Crippen LogP contribution in [0.2, 0.25) is 0 Å². The molecular weight excluding hydrogens is 187 g/mol. The Morgan fingerprint density at radius 2 is 2.15 bits per heavy atom. The van der Waals surface area contributed by atoms with Crippen molar-refractivity contribution in [1.82, 2.24) is 4.98 Å². The molecule has 72 valence electrons. The summed E-state index contributed by atoms with van der Waals surface area (Å²) in [7, 11) is 1.04. The van der Waals surface area contributed by atoms with Crippen LogP contribution in [0.1, 0.15) is 12.0 Å². The first-order chi connectivity index (χ1) is 6.06. The van der Waals surface area contributed by atoms with Crippen LogP contribution in [0.4, 0.5) is 13.2 Å². The number of rotatable bonds is 2. The average molecular weight is 193 g/mol. The first kappa shape index (κ1) is 9.63. The Labute approximate surface area is 71.2 Å². The van der Waals surface area contributed by atoms with Gasteiger partial charge in [0.2, 0.25) is 5.95 Å². The largest absolute Gasteiger partial charge is 0.492 e. The molecule has 1 rings (SSSR count). The van der Waals surface area contributed by atoms with E-state index in [1.54, 1.807) is 4.98 Å². The summed E-state index contributed by atoms with van der Waals surface area (Å²) >= 11 is 0. The highest BCUT2D eigenvalue weighted by Gasteiger charge is 2.18. The van der Waals surface area contributed by atoms with Gasteiger partial charge in [0.1, 0.15) is 0 Å². The number of aromatic amines is 1. The fraction of sp³-hybridized carbons (Fsp3) is 0.286. The van der Waals surface area contributed by atoms with Crippen LogP contribution in [0.25, 0.3) is 0 Å². The standard InChI is InChI=1S/C7H6F3NO2/c1-13-5-3(6(8)9)2-4(12)11-7(5)10/h2,6H,1H3,(H,11,12). The fourth-order valence-electron chi connectivity index (χ4n) is 0.904. The molecule has 0 saturated heterocycles. The highest BCUT2D eigenvalue weighted by Crippen LogP contribution is 2.28. The Morgan fingerprint density at radius 3 is 2.62 bits per heavy atom. The molecule has 1 aromatic rings. The summed E-state index contributed by atoms with van der Waals surface area (Å²) in [5.41, 5.74) is -1.67. The van der Waals surface area contributed by atoms with Crippen molar-refractivity contribution >= 4 is 0 Å². The van der Waals surface area contributed by atoms with E-state index in [1.807, 2.05) is 0 Å². The van der Waals surface area contributed by atoms with Gasteiger partial charge in [0.15, 0.2) is 5.75 Å². The predicted molar refractivity (Wildman–Crippen MR) is 38.5 cm³/mol. The van der Waals surface area contributed by atoms with E-state index in [2.05, 4.69) is 4.74 Å². The molecule has 3 nitrogen and oxygen atoms in total. The van der Waals surface area contributed by atoms with Gasteiger partial charge < -0.3 is 4.74 Å². The Morgan fingerprint density at radius 1 is 1.54 bits per heavy atom. The highest BCUT2D eigenvalue weighted by molar-refractivity contribution is 5.31. The normalized spacial score (nSPS) is 10.5. The number of pyridine rings is 1. The van der Waals surface area contributed by atoms with Gasteiger partial charge in [0.05, 0.1) is 12.7 Å². The van der Waals surface area contributed by atoms with E-state index >= 15 is 0 Å². The van der Waals surface area contributed by atoms with E-state index in [0.29, 0.717) is 6.07 Å². The zero-order chi connectivity index (χ0) is 10.0. The van der Waals surface area contributed by atoms with Crippen LogP contribution < -0.4 is 10.3 Å². The molecule has 0 atom stereocenters. The van der Waals surface area contributed by atoms with Crippen molar-refractivity contribution in [2.24, 2.45) is 0 Å². The Balaban J connectivity index is 3.38. The minimum absolute atomic E-state index is 0.604. The summed E-state index contributed by atoms with van der Waals surface area (Å²) < 4.78 is 41.5. The number of halogens is 3. The number of H-pyrrole nitrogens is 1. The van der Waals surface area contributed by atoms with Gasteiger partial charge in [-0.15, -0.1) is 0 Å². The van der Waals surface area contributed by atoms with E-state index in [1.165, 1.54) is 0 Å². The number of nitrogens with one attached hydrogen (secondary N) is 1. The minimum atomic E-state index is -2.94. The number of hydrogen-bond acceptors (Lipinski definition) is 2. The molecule has 0 unspecified atom stereocenters. The Hall–Kier alpha value is -1.46. The lowest BCUT2D eigenvalue weighted by Crippen LogP contribution is -2.11. The summed E-state index contributed by atoms with van der Waals surface area (Å²) in [6, 6.07) is 0.604. The van der Waals surface area contributed by atoms with Crippen LogP contribution in [0.15, 0.2) is 10.9 Å². The van der Waals surface area contributed by atoms with Crippen LogP contribution in [0.5, 0.6) is 5.75 Å². The van der Waals surface area contributed by atoms with Crippen LogP contribution in [0, 0.1) is 5.95 Å². The molecule has 0 saturated carbocycles. The summed E-state index contributed by atoms with van der Waals surface area (Å²) in [6.07, 6.45) is -2.94. The van der Waals surface area contributed by atoms with Crippen LogP contribution >= 0.6 is 0 Å². The van der Waals surface area contributed by atoms with Gasteiger partial charge in [-0.1, -0.05) is 0 Å². The third kappa shape index (κ3) is 1.82. The van der Waals surface area contributed by atoms with Gasteiger partial charge >= 0.3 is 0 Å². The molecule has 0 aromatic carbocycles. The Bertz CT molecular complexity index is 361. The van der Waals surface area contributed by atoms with Crippen LogP contribution in [0.3, 0.4) is 0 Å². The van der Waals surface area contributed by atoms with E-state index in [4.69, 9.17) is 0 Å². The second-order valence-electron chi connectivity index (χ2n) is 2.24. The second-order valence-corrected chi connectivity index (χ2v) is 2.24. The van der Waals surface area contributed by atoms with Crippen LogP contribution in [-0.2, 0) is 0 Å². The maximum Gasteiger partial charge on any atom is 0.267 e. The Kier molecular flexibility index (Phi) is 2.60. The van der Waals surface area contributed by atoms with Gasteiger partial charge in [0, 0.05) is 6.07 Å². The predicted octanol–water partition coefficient (Wildman–Crippen LogP) is 1.46. The van der Waals surface area contributed by atoms with Gasteiger partial charge in [0.25, 0.3) is 12.0 Å². The molecule has 1 heterocycles. The van der Waals surface area contributed by atoms with Crippen molar-refractivity contribution in [3.05, 3.63) is 27.9 Å². The second kappa shape index (κ2) is 3.51. The number of hydrogen-bond donors (Lipinski definition) is 1. The van der Waals surface area contributed by atoms with E-state index in [-0.39, 0.29) is 0 Å². The zero-order valence-electron chi connectivity index (χ0n) is 6.61. The lowest BCUT2D eigenvalue weighted by atomic mass is 10.2. The zero-order valence-corrected chi connectivity index (χ0v) is 6.61. The van der Waals surface area contributed by atoms with Gasteiger partial charge in [-0.25, -0.2) is 8.78 Å². The first-order valence-corrected chi connectivity index (χ1v) is 3.31. The first-order valence-electron chi connectivity index (χ1n) is 3.31. The molecule has 6 heteroatoms. The van der Waals surface area contributed by atoms with Crippen molar-refractivity contribution < 1.29 is 17.9 Å². The molecule has 1 aromatic heterocycles. The van der Waals surface area contributed by atoms with Crippen molar-refractivity contribution in [1.29, 1.82) is 0 Å². The molecule has 0 spiro atoms. The molecule has 0 aliphatic heterocycles. The van der Waals surface area contributed by atoms with Gasteiger partial charge in [-0.2, -0.15) is 4.39 Å². The van der Waals surface area contributed by atoms with Crippen molar-refractivity contribution in [3.63, 3.8) is 0 Å². The van der Waals surface area contributed by atoms with Crippen molar-refractivity contribution in [3.8, 4) is 5.75 Å². The van der Waals surface area contributed by atoms with E-state index in [9.17, 15) is 18.0 Å². The number of alkyl halides is 2. The molecular formula is C7H6F3NO2. The lowest BCUT2D eigenvalue weighted by molar-refractivity contribution is 0.145. The minimum Gasteiger partial charge on any atom is -0.492 e. The number of ether oxygens (including phenoxy) is 1. The number of aromatic nitrogens is 1. The molecule has 0 radical (unpaired) electrons. The monoisotopic (exact) mass is 193 g/mol. The number of methoxy groups -OCH3 is 1. The molecule has 0 aliphatic carbocycles. The maximum atomic E-state index is 12.8. The molecule has 0 amide bonds. The van der Waals surface area contributed by atoms with E-state index in [0.717, 1.165) is 7.11 Å². The van der Waals surface area contributed by atoms with E-state index < -0.39 is 29.2 Å². The highest BCUT2D eigenvalue weighted by atomic mass is 19.3. The SMILES string of the molecule is COc1c(C(F)F)cc(=O)[nH]c1F. The van der Waals surface area contributed by atoms with Gasteiger partial charge in [-0.05, 0) is 0 Å². The third-order valence-corrected chi connectivity index (χ3v) is 1.42. The summed E-state index contributed by atoms with van der Waals surface area (Å²) in [6.45, 7) is 0. The molecule has 0 aliphatic rings. The summed E-state index contributed by atoms with van der Waals surface area (Å²) in [4.78, 5) is 12.3. The van der Waals surface area contributed by atoms with Gasteiger partial charge in [-0.3, -0.25) is 9.78 Å².